The second kappa shape index (κ2) is 4.88. The van der Waals surface area contributed by atoms with Crippen molar-refractivity contribution in [1.29, 1.82) is 0 Å². The molecule has 0 unspecified atom stereocenters. The van der Waals surface area contributed by atoms with Gasteiger partial charge in [-0.1, -0.05) is 31.9 Å². The van der Waals surface area contributed by atoms with Gasteiger partial charge in [-0.05, 0) is 51.0 Å². The second-order valence-corrected chi connectivity index (χ2v) is 7.13. The van der Waals surface area contributed by atoms with Crippen LogP contribution in [0.1, 0.15) is 25.0 Å². The molecule has 0 bridgehead atoms. The average molecular weight is 349 g/mol. The van der Waals surface area contributed by atoms with Gasteiger partial charge in [0.1, 0.15) is 0 Å². The van der Waals surface area contributed by atoms with Crippen molar-refractivity contribution in [2.45, 2.75) is 32.0 Å². The van der Waals surface area contributed by atoms with Crippen molar-refractivity contribution in [2.75, 3.05) is 5.32 Å². The third-order valence-corrected chi connectivity index (χ3v) is 3.85. The third kappa shape index (κ3) is 3.32. The number of anilines is 1. The van der Waals surface area contributed by atoms with E-state index in [4.69, 9.17) is 0 Å². The van der Waals surface area contributed by atoms with Crippen LogP contribution >= 0.6 is 31.9 Å². The standard InChI is InChI=1S/C12H15Br2NO/c1-7-5-9(6-8(2)10(7)13)15-11(16)12(3,4)14/h5-6H,1-4H3,(H,15,16). The summed E-state index contributed by atoms with van der Waals surface area (Å²) in [7, 11) is 0. The highest BCUT2D eigenvalue weighted by molar-refractivity contribution is 9.10. The molecule has 0 heterocycles. The van der Waals surface area contributed by atoms with Crippen LogP contribution in [0.15, 0.2) is 16.6 Å². The van der Waals surface area contributed by atoms with Gasteiger partial charge in [0.25, 0.3) is 0 Å². The molecule has 0 saturated carbocycles. The van der Waals surface area contributed by atoms with Gasteiger partial charge in [0, 0.05) is 10.2 Å². The first kappa shape index (κ1) is 13.7. The zero-order valence-electron chi connectivity index (χ0n) is 9.82. The second-order valence-electron chi connectivity index (χ2n) is 4.35. The van der Waals surface area contributed by atoms with E-state index in [1.54, 1.807) is 0 Å². The van der Waals surface area contributed by atoms with E-state index in [9.17, 15) is 4.79 Å². The number of carbonyl (C=O) groups is 1. The van der Waals surface area contributed by atoms with Crippen molar-refractivity contribution in [3.63, 3.8) is 0 Å². The first-order chi connectivity index (χ1) is 7.21. The molecule has 0 atom stereocenters. The molecule has 2 nitrogen and oxygen atoms in total. The fourth-order valence-corrected chi connectivity index (χ4v) is 1.63. The van der Waals surface area contributed by atoms with E-state index >= 15 is 0 Å². The summed E-state index contributed by atoms with van der Waals surface area (Å²) in [6, 6.07) is 3.90. The quantitative estimate of drug-likeness (QED) is 0.798. The Balaban J connectivity index is 2.96. The minimum atomic E-state index is -0.554. The Morgan fingerprint density at radius 3 is 2.06 bits per heavy atom. The lowest BCUT2D eigenvalue weighted by Gasteiger charge is -2.17. The smallest absolute Gasteiger partial charge is 0.240 e. The van der Waals surface area contributed by atoms with Gasteiger partial charge in [0.05, 0.1) is 4.32 Å². The summed E-state index contributed by atoms with van der Waals surface area (Å²) in [5, 5.41) is 2.88. The average Bonchev–Trinajstić information content (AvgIpc) is 2.12. The van der Waals surface area contributed by atoms with Gasteiger partial charge in [-0.3, -0.25) is 4.79 Å². The molecule has 16 heavy (non-hydrogen) atoms. The fraction of sp³-hybridized carbons (Fsp3) is 0.417. The van der Waals surface area contributed by atoms with Crippen molar-refractivity contribution in [3.05, 3.63) is 27.7 Å². The highest BCUT2D eigenvalue weighted by Gasteiger charge is 2.23. The number of rotatable bonds is 2. The molecule has 0 aliphatic rings. The predicted octanol–water partition coefficient (Wildman–Crippen LogP) is 4.18. The Hall–Kier alpha value is -0.350. The van der Waals surface area contributed by atoms with Crippen molar-refractivity contribution in [3.8, 4) is 0 Å². The number of nitrogens with one attached hydrogen (secondary N) is 1. The summed E-state index contributed by atoms with van der Waals surface area (Å²) < 4.78 is 0.533. The molecule has 0 aliphatic carbocycles. The molecule has 1 amide bonds. The Morgan fingerprint density at radius 2 is 1.69 bits per heavy atom. The Labute approximate surface area is 113 Å². The summed E-state index contributed by atoms with van der Waals surface area (Å²) in [6.07, 6.45) is 0. The minimum Gasteiger partial charge on any atom is -0.325 e. The maximum Gasteiger partial charge on any atom is 0.240 e. The van der Waals surface area contributed by atoms with Crippen LogP contribution in [0.4, 0.5) is 5.69 Å². The van der Waals surface area contributed by atoms with Crippen LogP contribution in [0.25, 0.3) is 0 Å². The predicted molar refractivity (Wildman–Crippen MR) is 75.3 cm³/mol. The van der Waals surface area contributed by atoms with E-state index in [1.807, 2.05) is 39.8 Å². The van der Waals surface area contributed by atoms with Gasteiger partial charge in [0.15, 0.2) is 0 Å². The summed E-state index contributed by atoms with van der Waals surface area (Å²) in [4.78, 5) is 11.8. The molecule has 4 heteroatoms. The van der Waals surface area contributed by atoms with Gasteiger partial charge >= 0.3 is 0 Å². The van der Waals surface area contributed by atoms with Gasteiger partial charge < -0.3 is 5.32 Å². The van der Waals surface area contributed by atoms with Gasteiger partial charge in [-0.25, -0.2) is 0 Å². The molecule has 1 aromatic carbocycles. The largest absolute Gasteiger partial charge is 0.325 e. The maximum absolute atomic E-state index is 11.8. The third-order valence-electron chi connectivity index (χ3n) is 2.23. The van der Waals surface area contributed by atoms with Crippen molar-refractivity contribution in [2.24, 2.45) is 0 Å². The Kier molecular flexibility index (Phi) is 4.18. The summed E-state index contributed by atoms with van der Waals surface area (Å²) >= 11 is 6.83. The van der Waals surface area contributed by atoms with Crippen LogP contribution in [0, 0.1) is 13.8 Å². The van der Waals surface area contributed by atoms with Crippen LogP contribution in [-0.4, -0.2) is 10.2 Å². The van der Waals surface area contributed by atoms with E-state index in [0.717, 1.165) is 21.3 Å². The summed E-state index contributed by atoms with van der Waals surface area (Å²) in [6.45, 7) is 7.65. The topological polar surface area (TPSA) is 29.1 Å². The minimum absolute atomic E-state index is 0.0476. The molecule has 0 aromatic heterocycles. The van der Waals surface area contributed by atoms with E-state index in [2.05, 4.69) is 37.2 Å². The number of alkyl halides is 1. The van der Waals surface area contributed by atoms with Crippen LogP contribution in [0.2, 0.25) is 0 Å². The SMILES string of the molecule is Cc1cc(NC(=O)C(C)(C)Br)cc(C)c1Br. The van der Waals surface area contributed by atoms with Gasteiger partial charge in [-0.15, -0.1) is 0 Å². The number of hydrogen-bond acceptors (Lipinski definition) is 1. The van der Waals surface area contributed by atoms with Crippen LogP contribution in [0.5, 0.6) is 0 Å². The number of carbonyl (C=O) groups excluding carboxylic acids is 1. The van der Waals surface area contributed by atoms with E-state index in [0.29, 0.717) is 0 Å². The normalized spacial score (nSPS) is 11.4. The first-order valence-electron chi connectivity index (χ1n) is 4.99. The number of hydrogen-bond donors (Lipinski definition) is 1. The van der Waals surface area contributed by atoms with E-state index < -0.39 is 4.32 Å². The van der Waals surface area contributed by atoms with Crippen LogP contribution in [0.3, 0.4) is 0 Å². The van der Waals surface area contributed by atoms with Gasteiger partial charge in [0.2, 0.25) is 5.91 Å². The number of aryl methyl sites for hydroxylation is 2. The monoisotopic (exact) mass is 347 g/mol. The Bertz CT molecular complexity index is 399. The van der Waals surface area contributed by atoms with Crippen molar-refractivity contribution in [1.82, 2.24) is 0 Å². The summed E-state index contributed by atoms with van der Waals surface area (Å²) in [5.74, 6) is -0.0476. The van der Waals surface area contributed by atoms with Crippen LogP contribution < -0.4 is 5.32 Å². The van der Waals surface area contributed by atoms with Crippen molar-refractivity contribution < 1.29 is 4.79 Å². The molecule has 1 N–H and O–H groups in total. The molecule has 88 valence electrons. The zero-order valence-corrected chi connectivity index (χ0v) is 13.0. The maximum atomic E-state index is 11.8. The molecule has 0 radical (unpaired) electrons. The lowest BCUT2D eigenvalue weighted by atomic mass is 10.1. The molecule has 1 rings (SSSR count). The molecule has 1 aromatic rings. The molecule has 0 fully saturated rings. The van der Waals surface area contributed by atoms with Gasteiger partial charge in [-0.2, -0.15) is 0 Å². The Morgan fingerprint density at radius 1 is 1.25 bits per heavy atom. The lowest BCUT2D eigenvalue weighted by Crippen LogP contribution is -2.31. The van der Waals surface area contributed by atoms with E-state index in [-0.39, 0.29) is 5.91 Å². The van der Waals surface area contributed by atoms with Crippen LogP contribution in [-0.2, 0) is 4.79 Å². The highest BCUT2D eigenvalue weighted by Crippen LogP contribution is 2.26. The van der Waals surface area contributed by atoms with Crippen molar-refractivity contribution >= 4 is 43.5 Å². The highest BCUT2D eigenvalue weighted by atomic mass is 79.9. The molecular weight excluding hydrogens is 334 g/mol. The molecule has 0 spiro atoms. The molecule has 0 saturated heterocycles. The number of amides is 1. The molecular formula is C12H15Br2NO. The number of halogens is 2. The molecule has 0 aliphatic heterocycles. The summed E-state index contributed by atoms with van der Waals surface area (Å²) in [5.41, 5.74) is 3.06. The zero-order chi connectivity index (χ0) is 12.5. The fourth-order valence-electron chi connectivity index (χ4n) is 1.30. The number of benzene rings is 1. The lowest BCUT2D eigenvalue weighted by molar-refractivity contribution is -0.117. The first-order valence-corrected chi connectivity index (χ1v) is 6.57. The van der Waals surface area contributed by atoms with E-state index in [1.165, 1.54) is 0 Å².